The predicted octanol–water partition coefficient (Wildman–Crippen LogP) is 3.65. The van der Waals surface area contributed by atoms with Crippen LogP contribution in [-0.4, -0.2) is 19.2 Å². The number of nitrogens with one attached hydrogen (secondary N) is 1. The Morgan fingerprint density at radius 1 is 1.15 bits per heavy atom. The highest BCUT2D eigenvalue weighted by Crippen LogP contribution is 2.38. The number of rotatable bonds is 3. The smallest absolute Gasteiger partial charge is 0.123 e. The molecule has 2 heteroatoms. The van der Waals surface area contributed by atoms with Crippen LogP contribution in [0, 0.1) is 17.8 Å². The van der Waals surface area contributed by atoms with E-state index in [1.54, 1.807) is 0 Å². The summed E-state index contributed by atoms with van der Waals surface area (Å²) in [6.45, 7) is 4.81. The van der Waals surface area contributed by atoms with Crippen molar-refractivity contribution in [3.63, 3.8) is 0 Å². The van der Waals surface area contributed by atoms with Crippen molar-refractivity contribution >= 4 is 0 Å². The van der Waals surface area contributed by atoms with Gasteiger partial charge in [0, 0.05) is 12.5 Å². The van der Waals surface area contributed by atoms with Crippen LogP contribution in [0.4, 0.5) is 0 Å². The number of ether oxygens (including phenoxy) is 1. The summed E-state index contributed by atoms with van der Waals surface area (Å²) in [4.78, 5) is 0. The number of fused-ring (bicyclic) bond motifs is 1. The highest BCUT2D eigenvalue weighted by atomic mass is 16.5. The van der Waals surface area contributed by atoms with Crippen molar-refractivity contribution in [1.29, 1.82) is 0 Å². The van der Waals surface area contributed by atoms with Gasteiger partial charge in [0.05, 0.1) is 0 Å². The van der Waals surface area contributed by atoms with E-state index in [0.29, 0.717) is 12.1 Å². The Morgan fingerprint density at radius 2 is 1.95 bits per heavy atom. The van der Waals surface area contributed by atoms with Crippen molar-refractivity contribution < 1.29 is 4.74 Å². The van der Waals surface area contributed by atoms with Gasteiger partial charge >= 0.3 is 0 Å². The Bertz CT molecular complexity index is 433. The second-order valence-corrected chi connectivity index (χ2v) is 6.81. The molecule has 0 aromatic heterocycles. The zero-order valence-corrected chi connectivity index (χ0v) is 12.9. The largest absolute Gasteiger partial charge is 0.488 e. The minimum atomic E-state index is 0.308. The van der Waals surface area contributed by atoms with Crippen molar-refractivity contribution in [1.82, 2.24) is 5.32 Å². The van der Waals surface area contributed by atoms with Crippen LogP contribution in [0.1, 0.15) is 38.7 Å². The summed E-state index contributed by atoms with van der Waals surface area (Å²) < 4.78 is 6.21. The molecule has 1 aromatic carbocycles. The fourth-order valence-corrected chi connectivity index (χ4v) is 4.05. The molecule has 0 bridgehead atoms. The summed E-state index contributed by atoms with van der Waals surface area (Å²) in [5.74, 6) is 3.57. The first-order valence-electron chi connectivity index (χ1n) is 8.11. The molecule has 2 aliphatic rings. The fourth-order valence-electron chi connectivity index (χ4n) is 4.05. The first kappa shape index (κ1) is 13.9. The zero-order chi connectivity index (χ0) is 14.1. The second-order valence-electron chi connectivity index (χ2n) is 6.81. The normalized spacial score (nSPS) is 34.4. The molecule has 5 unspecified atom stereocenters. The minimum absolute atomic E-state index is 0.308. The Balaban J connectivity index is 1.69. The van der Waals surface area contributed by atoms with Gasteiger partial charge in [0.2, 0.25) is 0 Å². The fraction of sp³-hybridized carbons (Fsp3) is 0.667. The van der Waals surface area contributed by atoms with Crippen molar-refractivity contribution in [2.24, 2.45) is 17.8 Å². The molecule has 110 valence electrons. The molecule has 0 saturated heterocycles. The molecule has 5 atom stereocenters. The Hall–Kier alpha value is -1.02. The van der Waals surface area contributed by atoms with E-state index in [9.17, 15) is 0 Å². The van der Waals surface area contributed by atoms with Gasteiger partial charge in [-0.15, -0.1) is 0 Å². The summed E-state index contributed by atoms with van der Waals surface area (Å²) in [5, 5.41) is 3.56. The van der Waals surface area contributed by atoms with E-state index < -0.39 is 0 Å². The summed E-state index contributed by atoms with van der Waals surface area (Å²) in [7, 11) is 2.10. The summed E-state index contributed by atoms with van der Waals surface area (Å²) >= 11 is 0. The third kappa shape index (κ3) is 2.58. The molecule has 1 aliphatic heterocycles. The maximum absolute atomic E-state index is 6.21. The topological polar surface area (TPSA) is 21.3 Å². The van der Waals surface area contributed by atoms with Gasteiger partial charge in [0.1, 0.15) is 11.9 Å². The summed E-state index contributed by atoms with van der Waals surface area (Å²) in [6.07, 6.45) is 5.41. The van der Waals surface area contributed by atoms with Crippen LogP contribution in [0.15, 0.2) is 24.3 Å². The first-order chi connectivity index (χ1) is 9.69. The van der Waals surface area contributed by atoms with Crippen LogP contribution in [-0.2, 0) is 6.42 Å². The standard InChI is InChI=1S/C18H27NO/c1-12-8-9-15(10-13(12)2)18(19-3)17-11-14-6-4-5-7-16(14)20-17/h4-7,12-13,15,17-19H,8-11H2,1-3H3. The van der Waals surface area contributed by atoms with Crippen LogP contribution in [0.3, 0.4) is 0 Å². The van der Waals surface area contributed by atoms with Crippen LogP contribution < -0.4 is 10.1 Å². The molecule has 1 aromatic rings. The molecular weight excluding hydrogens is 246 g/mol. The molecule has 20 heavy (non-hydrogen) atoms. The van der Waals surface area contributed by atoms with Crippen LogP contribution in [0.25, 0.3) is 0 Å². The van der Waals surface area contributed by atoms with E-state index in [-0.39, 0.29) is 0 Å². The monoisotopic (exact) mass is 273 g/mol. The van der Waals surface area contributed by atoms with E-state index in [1.165, 1.54) is 24.8 Å². The third-order valence-corrected chi connectivity index (χ3v) is 5.55. The SMILES string of the molecule is CNC(C1CCC(C)C(C)C1)C1Cc2ccccc2O1. The van der Waals surface area contributed by atoms with Gasteiger partial charge < -0.3 is 10.1 Å². The highest BCUT2D eigenvalue weighted by Gasteiger charge is 2.37. The number of benzene rings is 1. The van der Waals surface area contributed by atoms with Crippen LogP contribution in [0.2, 0.25) is 0 Å². The van der Waals surface area contributed by atoms with E-state index >= 15 is 0 Å². The molecule has 1 aliphatic carbocycles. The summed E-state index contributed by atoms with van der Waals surface area (Å²) in [6, 6.07) is 8.97. The van der Waals surface area contributed by atoms with Crippen molar-refractivity contribution in [2.45, 2.75) is 51.7 Å². The van der Waals surface area contributed by atoms with Gasteiger partial charge in [-0.25, -0.2) is 0 Å². The molecule has 1 fully saturated rings. The van der Waals surface area contributed by atoms with Crippen molar-refractivity contribution in [3.8, 4) is 5.75 Å². The number of hydrogen-bond acceptors (Lipinski definition) is 2. The van der Waals surface area contributed by atoms with Gasteiger partial charge in [-0.1, -0.05) is 38.5 Å². The minimum Gasteiger partial charge on any atom is -0.488 e. The average molecular weight is 273 g/mol. The van der Waals surface area contributed by atoms with Gasteiger partial charge in [0.15, 0.2) is 0 Å². The molecule has 0 amide bonds. The molecule has 2 nitrogen and oxygen atoms in total. The van der Waals surface area contributed by atoms with Gasteiger partial charge in [-0.05, 0) is 49.3 Å². The first-order valence-corrected chi connectivity index (χ1v) is 8.11. The molecular formula is C18H27NO. The number of likely N-dealkylation sites (N-methyl/N-ethyl adjacent to an activating group) is 1. The lowest BCUT2D eigenvalue weighted by molar-refractivity contribution is 0.0979. The molecule has 0 spiro atoms. The van der Waals surface area contributed by atoms with Crippen LogP contribution in [0.5, 0.6) is 5.75 Å². The Morgan fingerprint density at radius 3 is 2.65 bits per heavy atom. The second kappa shape index (κ2) is 5.77. The highest BCUT2D eigenvalue weighted by molar-refractivity contribution is 5.37. The van der Waals surface area contributed by atoms with E-state index in [1.807, 2.05) is 0 Å². The third-order valence-electron chi connectivity index (χ3n) is 5.55. The maximum atomic E-state index is 6.21. The zero-order valence-electron chi connectivity index (χ0n) is 12.9. The van der Waals surface area contributed by atoms with Gasteiger partial charge in [-0.3, -0.25) is 0 Å². The quantitative estimate of drug-likeness (QED) is 0.907. The van der Waals surface area contributed by atoms with Crippen molar-refractivity contribution in [2.75, 3.05) is 7.05 Å². The molecule has 1 N–H and O–H groups in total. The molecule has 3 rings (SSSR count). The van der Waals surface area contributed by atoms with Gasteiger partial charge in [-0.2, -0.15) is 0 Å². The average Bonchev–Trinajstić information content (AvgIpc) is 2.87. The lowest BCUT2D eigenvalue weighted by Crippen LogP contribution is -2.47. The Kier molecular flexibility index (Phi) is 4.02. The molecule has 1 saturated carbocycles. The lowest BCUT2D eigenvalue weighted by atomic mass is 9.72. The molecule has 0 radical (unpaired) electrons. The van der Waals surface area contributed by atoms with E-state index in [4.69, 9.17) is 4.74 Å². The van der Waals surface area contributed by atoms with Gasteiger partial charge in [0.25, 0.3) is 0 Å². The molecule has 1 heterocycles. The van der Waals surface area contributed by atoms with Crippen molar-refractivity contribution in [3.05, 3.63) is 29.8 Å². The lowest BCUT2D eigenvalue weighted by Gasteiger charge is -2.38. The number of para-hydroxylation sites is 1. The van der Waals surface area contributed by atoms with Crippen LogP contribution >= 0.6 is 0 Å². The van der Waals surface area contributed by atoms with E-state index in [2.05, 4.69) is 50.5 Å². The number of hydrogen-bond donors (Lipinski definition) is 1. The Labute approximate surface area is 122 Å². The maximum Gasteiger partial charge on any atom is 0.123 e. The predicted molar refractivity (Wildman–Crippen MR) is 83.1 cm³/mol. The summed E-state index contributed by atoms with van der Waals surface area (Å²) in [5.41, 5.74) is 1.37. The van der Waals surface area contributed by atoms with E-state index in [0.717, 1.165) is 29.9 Å².